The van der Waals surface area contributed by atoms with Crippen molar-refractivity contribution < 1.29 is 14.3 Å². The second-order valence-electron chi connectivity index (χ2n) is 7.24. The van der Waals surface area contributed by atoms with Crippen LogP contribution in [-0.2, 0) is 16.1 Å². The van der Waals surface area contributed by atoms with E-state index >= 15 is 0 Å². The lowest BCUT2D eigenvalue weighted by atomic mass is 10.2. The first kappa shape index (κ1) is 19.6. The molecule has 3 rings (SSSR count). The van der Waals surface area contributed by atoms with Crippen LogP contribution in [0.25, 0.3) is 0 Å². The third-order valence-electron chi connectivity index (χ3n) is 5.15. The zero-order valence-corrected chi connectivity index (χ0v) is 16.1. The maximum absolute atomic E-state index is 12.4. The minimum atomic E-state index is -0.258. The second-order valence-corrected chi connectivity index (χ2v) is 7.24. The number of ether oxygens (including phenoxy) is 1. The molecule has 27 heavy (non-hydrogen) atoms. The Labute approximate surface area is 161 Å². The van der Waals surface area contributed by atoms with Gasteiger partial charge in [-0.05, 0) is 18.9 Å². The molecular weight excluding hydrogens is 344 g/mol. The van der Waals surface area contributed by atoms with Crippen LogP contribution in [0, 0.1) is 0 Å². The summed E-state index contributed by atoms with van der Waals surface area (Å²) in [6, 6.07) is 10.7. The summed E-state index contributed by atoms with van der Waals surface area (Å²) in [5, 5.41) is 3.17. The van der Waals surface area contributed by atoms with E-state index in [4.69, 9.17) is 4.74 Å². The summed E-state index contributed by atoms with van der Waals surface area (Å²) in [4.78, 5) is 30.3. The lowest BCUT2D eigenvalue weighted by Crippen LogP contribution is -2.52. The molecule has 7 heteroatoms. The van der Waals surface area contributed by atoms with Gasteiger partial charge < -0.3 is 15.0 Å². The Balaban J connectivity index is 1.35. The standard InChI is InChI=1S/C20H30N4O3/c1-2-27-20(26)24-12-10-22(11-13-24)16-19(25)21-18-8-9-23(15-18)14-17-6-4-3-5-7-17/h3-7,18H,2,8-16H2,1H3,(H,21,25)/t18-/m0/s1. The Hall–Kier alpha value is -2.12. The third-order valence-corrected chi connectivity index (χ3v) is 5.15. The summed E-state index contributed by atoms with van der Waals surface area (Å²) >= 11 is 0. The fourth-order valence-corrected chi connectivity index (χ4v) is 3.72. The third kappa shape index (κ3) is 5.94. The summed E-state index contributed by atoms with van der Waals surface area (Å²) < 4.78 is 5.02. The topological polar surface area (TPSA) is 65.1 Å². The monoisotopic (exact) mass is 374 g/mol. The smallest absolute Gasteiger partial charge is 0.409 e. The van der Waals surface area contributed by atoms with Gasteiger partial charge >= 0.3 is 6.09 Å². The first-order valence-electron chi connectivity index (χ1n) is 9.83. The number of amides is 2. The molecule has 2 aliphatic rings. The largest absolute Gasteiger partial charge is 0.450 e. The highest BCUT2D eigenvalue weighted by Crippen LogP contribution is 2.13. The average molecular weight is 374 g/mol. The number of piperazine rings is 1. The van der Waals surface area contributed by atoms with Crippen molar-refractivity contribution in [2.45, 2.75) is 25.9 Å². The number of nitrogens with zero attached hydrogens (tertiary/aromatic N) is 3. The summed E-state index contributed by atoms with van der Waals surface area (Å²) in [6.45, 7) is 8.08. The van der Waals surface area contributed by atoms with Gasteiger partial charge in [0.25, 0.3) is 0 Å². The highest BCUT2D eigenvalue weighted by atomic mass is 16.6. The predicted octanol–water partition coefficient (Wildman–Crippen LogP) is 1.15. The van der Waals surface area contributed by atoms with E-state index in [0.717, 1.165) is 26.1 Å². The van der Waals surface area contributed by atoms with Gasteiger partial charge in [-0.3, -0.25) is 14.6 Å². The molecule has 0 aliphatic carbocycles. The zero-order valence-electron chi connectivity index (χ0n) is 16.1. The molecule has 0 unspecified atom stereocenters. The fraction of sp³-hybridized carbons (Fsp3) is 0.600. The molecule has 0 saturated carbocycles. The molecule has 0 radical (unpaired) electrons. The van der Waals surface area contributed by atoms with Gasteiger partial charge in [0.1, 0.15) is 0 Å². The molecule has 1 N–H and O–H groups in total. The summed E-state index contributed by atoms with van der Waals surface area (Å²) in [7, 11) is 0. The molecule has 1 aromatic carbocycles. The van der Waals surface area contributed by atoms with Gasteiger partial charge in [0.15, 0.2) is 0 Å². The van der Waals surface area contributed by atoms with Crippen LogP contribution in [0.15, 0.2) is 30.3 Å². The lowest BCUT2D eigenvalue weighted by molar-refractivity contribution is -0.123. The van der Waals surface area contributed by atoms with Gasteiger partial charge in [-0.2, -0.15) is 0 Å². The van der Waals surface area contributed by atoms with E-state index in [2.05, 4.69) is 39.4 Å². The Morgan fingerprint density at radius 1 is 1.07 bits per heavy atom. The predicted molar refractivity (Wildman–Crippen MR) is 103 cm³/mol. The van der Waals surface area contributed by atoms with Gasteiger partial charge in [0.2, 0.25) is 5.91 Å². The van der Waals surface area contributed by atoms with Crippen molar-refractivity contribution in [1.29, 1.82) is 0 Å². The molecule has 2 fully saturated rings. The van der Waals surface area contributed by atoms with Gasteiger partial charge in [-0.1, -0.05) is 30.3 Å². The summed E-state index contributed by atoms with van der Waals surface area (Å²) in [5.41, 5.74) is 1.31. The fourth-order valence-electron chi connectivity index (χ4n) is 3.72. The van der Waals surface area contributed by atoms with Crippen LogP contribution in [-0.4, -0.2) is 85.2 Å². The van der Waals surface area contributed by atoms with Gasteiger partial charge in [0.05, 0.1) is 13.2 Å². The van der Waals surface area contributed by atoms with Crippen molar-refractivity contribution in [2.75, 3.05) is 52.4 Å². The normalized spacial score (nSPS) is 21.2. The molecule has 0 bridgehead atoms. The van der Waals surface area contributed by atoms with E-state index in [1.54, 1.807) is 4.90 Å². The highest BCUT2D eigenvalue weighted by molar-refractivity contribution is 5.78. The van der Waals surface area contributed by atoms with E-state index < -0.39 is 0 Å². The van der Waals surface area contributed by atoms with Gasteiger partial charge in [0, 0.05) is 51.9 Å². The van der Waals surface area contributed by atoms with Crippen molar-refractivity contribution in [3.8, 4) is 0 Å². The van der Waals surface area contributed by atoms with Crippen molar-refractivity contribution in [3.63, 3.8) is 0 Å². The molecule has 148 valence electrons. The van der Waals surface area contributed by atoms with Crippen LogP contribution >= 0.6 is 0 Å². The van der Waals surface area contributed by atoms with E-state index in [1.165, 1.54) is 5.56 Å². The Morgan fingerprint density at radius 3 is 2.52 bits per heavy atom. The molecule has 0 aromatic heterocycles. The van der Waals surface area contributed by atoms with Gasteiger partial charge in [-0.25, -0.2) is 4.79 Å². The molecule has 1 aromatic rings. The first-order valence-corrected chi connectivity index (χ1v) is 9.83. The summed E-state index contributed by atoms with van der Waals surface area (Å²) in [6.07, 6.45) is 0.737. The molecule has 0 spiro atoms. The number of benzene rings is 1. The van der Waals surface area contributed by atoms with Crippen molar-refractivity contribution in [1.82, 2.24) is 20.0 Å². The summed E-state index contributed by atoms with van der Waals surface area (Å²) in [5.74, 6) is 0.0751. The minimum absolute atomic E-state index is 0.0751. The van der Waals surface area contributed by atoms with Crippen LogP contribution < -0.4 is 5.32 Å². The van der Waals surface area contributed by atoms with Crippen molar-refractivity contribution >= 4 is 12.0 Å². The number of carbonyl (C=O) groups excluding carboxylic acids is 2. The number of hydrogen-bond donors (Lipinski definition) is 1. The number of hydrogen-bond acceptors (Lipinski definition) is 5. The van der Waals surface area contributed by atoms with Crippen LogP contribution in [0.2, 0.25) is 0 Å². The highest BCUT2D eigenvalue weighted by Gasteiger charge is 2.26. The minimum Gasteiger partial charge on any atom is -0.450 e. The number of likely N-dealkylation sites (tertiary alicyclic amines) is 1. The Bertz CT molecular complexity index is 617. The number of nitrogens with one attached hydrogen (secondary N) is 1. The maximum Gasteiger partial charge on any atom is 0.409 e. The maximum atomic E-state index is 12.4. The number of rotatable bonds is 6. The Kier molecular flexibility index (Phi) is 7.06. The van der Waals surface area contributed by atoms with Crippen molar-refractivity contribution in [3.05, 3.63) is 35.9 Å². The first-order chi connectivity index (χ1) is 13.1. The zero-order chi connectivity index (χ0) is 19.1. The number of carbonyl (C=O) groups is 2. The molecule has 2 amide bonds. The van der Waals surface area contributed by atoms with Crippen LogP contribution in [0.4, 0.5) is 4.79 Å². The van der Waals surface area contributed by atoms with Gasteiger partial charge in [-0.15, -0.1) is 0 Å². The van der Waals surface area contributed by atoms with Crippen molar-refractivity contribution in [2.24, 2.45) is 0 Å². The average Bonchev–Trinajstić information content (AvgIpc) is 3.10. The molecule has 7 nitrogen and oxygen atoms in total. The molecule has 2 aliphatic heterocycles. The van der Waals surface area contributed by atoms with E-state index in [-0.39, 0.29) is 18.0 Å². The van der Waals surface area contributed by atoms with Crippen LogP contribution in [0.3, 0.4) is 0 Å². The SMILES string of the molecule is CCOC(=O)N1CCN(CC(=O)N[C@H]2CCN(Cc3ccccc3)C2)CC1. The molecule has 1 atom stereocenters. The quantitative estimate of drug-likeness (QED) is 0.809. The second kappa shape index (κ2) is 9.71. The molecular formula is C20H30N4O3. The molecule has 2 saturated heterocycles. The van der Waals surface area contributed by atoms with E-state index in [0.29, 0.717) is 39.3 Å². The van der Waals surface area contributed by atoms with E-state index in [9.17, 15) is 9.59 Å². The lowest BCUT2D eigenvalue weighted by Gasteiger charge is -2.33. The van der Waals surface area contributed by atoms with Crippen LogP contribution in [0.1, 0.15) is 18.9 Å². The molecule has 2 heterocycles. The van der Waals surface area contributed by atoms with Crippen LogP contribution in [0.5, 0.6) is 0 Å². The Morgan fingerprint density at radius 2 is 1.81 bits per heavy atom. The van der Waals surface area contributed by atoms with E-state index in [1.807, 2.05) is 13.0 Å².